The van der Waals surface area contributed by atoms with E-state index in [2.05, 4.69) is 25.9 Å². The number of nitrogens with one attached hydrogen (secondary N) is 3. The number of nitrogens with zero attached hydrogens (tertiary/aromatic N) is 3. The highest BCUT2D eigenvalue weighted by atomic mass is 19.1. The molecular weight excluding hydrogens is 476 g/mol. The maximum absolute atomic E-state index is 14.9. The molecule has 0 aliphatic carbocycles. The van der Waals surface area contributed by atoms with Crippen LogP contribution in [-0.2, 0) is 4.74 Å². The lowest BCUT2D eigenvalue weighted by Crippen LogP contribution is -2.45. The van der Waals surface area contributed by atoms with Crippen LogP contribution in [0.3, 0.4) is 0 Å². The van der Waals surface area contributed by atoms with Crippen molar-refractivity contribution < 1.29 is 28.2 Å². The summed E-state index contributed by atoms with van der Waals surface area (Å²) in [5.74, 6) is -2.37. The summed E-state index contributed by atoms with van der Waals surface area (Å²) in [5, 5.41) is 17.2. The molecule has 0 bridgehead atoms. The summed E-state index contributed by atoms with van der Waals surface area (Å²) in [6.45, 7) is 7.48. The number of nitrogens with two attached hydrogens (primary N) is 1. The fourth-order valence-electron chi connectivity index (χ4n) is 3.88. The van der Waals surface area contributed by atoms with E-state index in [-0.39, 0.29) is 34.6 Å². The first-order chi connectivity index (χ1) is 17.0. The van der Waals surface area contributed by atoms with Crippen LogP contribution in [0.4, 0.5) is 36.7 Å². The predicted molar refractivity (Wildman–Crippen MR) is 131 cm³/mol. The fourth-order valence-corrected chi connectivity index (χ4v) is 3.88. The zero-order valence-corrected chi connectivity index (χ0v) is 20.3. The monoisotopic (exact) mass is 507 g/mol. The highest BCUT2D eigenvalue weighted by Crippen LogP contribution is 2.27. The molecule has 0 unspecified atom stereocenters. The lowest BCUT2D eigenvalue weighted by Gasteiger charge is -2.28. The molecule has 196 valence electrons. The van der Waals surface area contributed by atoms with Gasteiger partial charge in [-0.15, -0.1) is 0 Å². The van der Waals surface area contributed by atoms with Gasteiger partial charge in [0.05, 0.1) is 30.7 Å². The van der Waals surface area contributed by atoms with Crippen LogP contribution in [0, 0.1) is 17.6 Å². The number of morpholine rings is 1. The Morgan fingerprint density at radius 2 is 1.86 bits per heavy atom. The number of amides is 2. The topological polar surface area (TPSA) is 155 Å². The summed E-state index contributed by atoms with van der Waals surface area (Å²) in [5.41, 5.74) is 5.35. The third-order valence-corrected chi connectivity index (χ3v) is 5.64. The van der Waals surface area contributed by atoms with E-state index in [9.17, 15) is 18.4 Å². The number of primary amides is 1. The van der Waals surface area contributed by atoms with Gasteiger partial charge in [0, 0.05) is 31.2 Å². The number of pyridine rings is 2. The molecule has 1 aliphatic rings. The van der Waals surface area contributed by atoms with Gasteiger partial charge in [0.1, 0.15) is 5.82 Å². The second-order valence-corrected chi connectivity index (χ2v) is 8.95. The van der Waals surface area contributed by atoms with Gasteiger partial charge >= 0.3 is 6.09 Å². The number of carbonyl (C=O) groups excluding carboxylic acids is 1. The quantitative estimate of drug-likeness (QED) is 0.326. The Kier molecular flexibility index (Phi) is 8.80. The molecule has 36 heavy (non-hydrogen) atoms. The van der Waals surface area contributed by atoms with Gasteiger partial charge in [-0.25, -0.2) is 23.5 Å². The SMILES string of the molecule is CC(C)C[C@@H](Nc1nc(Nc2cnc(N3CCOCC3)c(F)c2)c(C(N)=O)cc1F)[C@H](C)NC(=O)O. The summed E-state index contributed by atoms with van der Waals surface area (Å²) in [4.78, 5) is 33.2. The number of ether oxygens (including phenoxy) is 1. The molecule has 2 atom stereocenters. The first kappa shape index (κ1) is 26.9. The van der Waals surface area contributed by atoms with Gasteiger partial charge in [-0.3, -0.25) is 4.79 Å². The van der Waals surface area contributed by atoms with E-state index in [1.54, 1.807) is 11.8 Å². The Morgan fingerprint density at radius 1 is 1.17 bits per heavy atom. The first-order valence-electron chi connectivity index (χ1n) is 11.6. The van der Waals surface area contributed by atoms with Crippen LogP contribution in [0.25, 0.3) is 0 Å². The molecule has 0 aromatic carbocycles. The van der Waals surface area contributed by atoms with E-state index in [1.165, 1.54) is 12.3 Å². The van der Waals surface area contributed by atoms with Crippen LogP contribution in [0.15, 0.2) is 18.3 Å². The van der Waals surface area contributed by atoms with Crippen molar-refractivity contribution in [3.05, 3.63) is 35.5 Å². The molecule has 0 saturated carbocycles. The Morgan fingerprint density at radius 3 is 2.44 bits per heavy atom. The number of carbonyl (C=O) groups is 2. The van der Waals surface area contributed by atoms with Crippen molar-refractivity contribution in [2.24, 2.45) is 11.7 Å². The molecule has 3 rings (SSSR count). The Labute approximate surface area is 207 Å². The Hall–Kier alpha value is -3.74. The van der Waals surface area contributed by atoms with Crippen molar-refractivity contribution in [3.63, 3.8) is 0 Å². The van der Waals surface area contributed by atoms with E-state index in [4.69, 9.17) is 15.6 Å². The van der Waals surface area contributed by atoms with Gasteiger partial charge in [-0.2, -0.15) is 0 Å². The third kappa shape index (κ3) is 6.90. The average Bonchev–Trinajstić information content (AvgIpc) is 2.80. The van der Waals surface area contributed by atoms with Crippen LogP contribution in [0.2, 0.25) is 0 Å². The lowest BCUT2D eigenvalue weighted by atomic mass is 9.98. The second kappa shape index (κ2) is 11.8. The number of hydrogen-bond acceptors (Lipinski definition) is 8. The molecule has 6 N–H and O–H groups in total. The third-order valence-electron chi connectivity index (χ3n) is 5.64. The minimum Gasteiger partial charge on any atom is -0.465 e. The summed E-state index contributed by atoms with van der Waals surface area (Å²) < 4.78 is 35.0. The molecule has 1 fully saturated rings. The normalized spacial score (nSPS) is 15.3. The summed E-state index contributed by atoms with van der Waals surface area (Å²) >= 11 is 0. The maximum atomic E-state index is 14.9. The highest BCUT2D eigenvalue weighted by Gasteiger charge is 2.24. The van der Waals surface area contributed by atoms with Crippen molar-refractivity contribution in [1.82, 2.24) is 15.3 Å². The Balaban J connectivity index is 1.89. The number of hydrogen-bond donors (Lipinski definition) is 5. The number of halogens is 2. The zero-order valence-electron chi connectivity index (χ0n) is 20.3. The van der Waals surface area contributed by atoms with Crippen LogP contribution in [0.5, 0.6) is 0 Å². The molecule has 2 aromatic rings. The fraction of sp³-hybridized carbons (Fsp3) is 0.478. The summed E-state index contributed by atoms with van der Waals surface area (Å²) in [6, 6.07) is 1.03. The molecule has 11 nitrogen and oxygen atoms in total. The second-order valence-electron chi connectivity index (χ2n) is 8.95. The van der Waals surface area contributed by atoms with E-state index >= 15 is 0 Å². The Bertz CT molecular complexity index is 1100. The number of aromatic nitrogens is 2. The molecule has 2 aromatic heterocycles. The van der Waals surface area contributed by atoms with Gasteiger partial charge in [0.2, 0.25) is 0 Å². The lowest BCUT2D eigenvalue weighted by molar-refractivity contribution is 0.1000. The smallest absolute Gasteiger partial charge is 0.404 e. The standard InChI is InChI=1S/C23H31F2N7O4/c1-12(2)8-18(13(3)28-23(34)35)30-21-16(24)10-15(19(26)33)20(31-21)29-14-9-17(25)22(27-11-14)32-4-6-36-7-5-32/h9-13,18,28H,4-8H2,1-3H3,(H2,26,33)(H,34,35)(H2,29,30,31)/t13-,18+/m0/s1. The van der Waals surface area contributed by atoms with Crippen LogP contribution >= 0.6 is 0 Å². The van der Waals surface area contributed by atoms with Gasteiger partial charge in [-0.1, -0.05) is 13.8 Å². The van der Waals surface area contributed by atoms with Crippen LogP contribution in [-0.4, -0.2) is 65.5 Å². The molecular formula is C23H31F2N7O4. The number of rotatable bonds is 10. The van der Waals surface area contributed by atoms with Gasteiger partial charge in [0.15, 0.2) is 23.3 Å². The minimum atomic E-state index is -1.21. The molecule has 3 heterocycles. The highest BCUT2D eigenvalue weighted by molar-refractivity contribution is 5.98. The van der Waals surface area contributed by atoms with Crippen molar-refractivity contribution in [2.75, 3.05) is 41.8 Å². The van der Waals surface area contributed by atoms with E-state index in [1.807, 2.05) is 13.8 Å². The molecule has 1 saturated heterocycles. The molecule has 1 aliphatic heterocycles. The van der Waals surface area contributed by atoms with Crippen LogP contribution in [0.1, 0.15) is 37.6 Å². The van der Waals surface area contributed by atoms with Crippen molar-refractivity contribution in [2.45, 2.75) is 39.3 Å². The largest absolute Gasteiger partial charge is 0.465 e. The minimum absolute atomic E-state index is 0.103. The van der Waals surface area contributed by atoms with E-state index < -0.39 is 35.7 Å². The van der Waals surface area contributed by atoms with Gasteiger partial charge in [0.25, 0.3) is 5.91 Å². The van der Waals surface area contributed by atoms with Crippen molar-refractivity contribution >= 4 is 35.1 Å². The molecule has 13 heteroatoms. The number of anilines is 4. The van der Waals surface area contributed by atoms with Gasteiger partial charge in [-0.05, 0) is 25.3 Å². The number of carboxylic acid groups (broad SMARTS) is 1. The van der Waals surface area contributed by atoms with Crippen LogP contribution < -0.4 is 26.6 Å². The zero-order chi connectivity index (χ0) is 26.4. The van der Waals surface area contributed by atoms with E-state index in [0.29, 0.717) is 32.7 Å². The molecule has 0 spiro atoms. The van der Waals surface area contributed by atoms with Crippen molar-refractivity contribution in [1.29, 1.82) is 0 Å². The van der Waals surface area contributed by atoms with E-state index in [0.717, 1.165) is 6.07 Å². The average molecular weight is 508 g/mol. The maximum Gasteiger partial charge on any atom is 0.404 e. The van der Waals surface area contributed by atoms with Gasteiger partial charge < -0.3 is 36.4 Å². The predicted octanol–water partition coefficient (Wildman–Crippen LogP) is 2.92. The summed E-state index contributed by atoms with van der Waals surface area (Å²) in [6.07, 6.45) is 0.658. The molecule has 2 amide bonds. The summed E-state index contributed by atoms with van der Waals surface area (Å²) in [7, 11) is 0. The molecule has 0 radical (unpaired) electrons. The first-order valence-corrected chi connectivity index (χ1v) is 11.6. The van der Waals surface area contributed by atoms with Crippen molar-refractivity contribution in [3.8, 4) is 0 Å².